The maximum absolute atomic E-state index is 4.82. The van der Waals surface area contributed by atoms with Gasteiger partial charge in [-0.05, 0) is 54.0 Å². The fourth-order valence-electron chi connectivity index (χ4n) is 3.91. The molecule has 2 unspecified atom stereocenters. The molecule has 1 saturated carbocycles. The second kappa shape index (κ2) is 7.67. The van der Waals surface area contributed by atoms with Gasteiger partial charge >= 0.3 is 0 Å². The lowest BCUT2D eigenvalue weighted by atomic mass is 9.93. The van der Waals surface area contributed by atoms with Crippen molar-refractivity contribution in [1.82, 2.24) is 4.98 Å². The number of aliphatic imine (C=N–C) groups is 1. The molecule has 4 heteroatoms. The van der Waals surface area contributed by atoms with E-state index < -0.39 is 0 Å². The Morgan fingerprint density at radius 1 is 1.11 bits per heavy atom. The van der Waals surface area contributed by atoms with Crippen LogP contribution < -0.4 is 5.32 Å². The van der Waals surface area contributed by atoms with Crippen LogP contribution in [0.3, 0.4) is 0 Å². The minimum absolute atomic E-state index is 0.374. The van der Waals surface area contributed by atoms with E-state index in [1.54, 1.807) is 11.3 Å². The topological polar surface area (TPSA) is 37.3 Å². The van der Waals surface area contributed by atoms with Crippen LogP contribution in [0.1, 0.15) is 73.6 Å². The fourth-order valence-corrected chi connectivity index (χ4v) is 4.72. The molecular formula is C24H29N3S. The zero-order valence-corrected chi connectivity index (χ0v) is 18.2. The molecule has 28 heavy (non-hydrogen) atoms. The highest BCUT2D eigenvalue weighted by atomic mass is 32.1. The number of hydrogen-bond acceptors (Lipinski definition) is 3. The number of para-hydroxylation sites is 1. The van der Waals surface area contributed by atoms with Gasteiger partial charge in [-0.15, -0.1) is 11.3 Å². The van der Waals surface area contributed by atoms with Crippen molar-refractivity contribution < 1.29 is 0 Å². The number of rotatable bonds is 6. The zero-order valence-electron chi connectivity index (χ0n) is 17.4. The summed E-state index contributed by atoms with van der Waals surface area (Å²) in [6, 6.07) is 13.7. The average Bonchev–Trinajstić information content (AvgIpc) is 3.32. The Hall–Kier alpha value is -2.20. The Balaban J connectivity index is 1.47. The molecule has 1 aliphatic carbocycles. The van der Waals surface area contributed by atoms with Crippen LogP contribution in [0.25, 0.3) is 10.2 Å². The molecule has 1 aliphatic rings. The van der Waals surface area contributed by atoms with E-state index in [4.69, 9.17) is 4.99 Å². The number of anilines is 1. The van der Waals surface area contributed by atoms with Gasteiger partial charge in [0.1, 0.15) is 0 Å². The Morgan fingerprint density at radius 2 is 1.82 bits per heavy atom. The summed E-state index contributed by atoms with van der Waals surface area (Å²) in [5.41, 5.74) is 6.43. The van der Waals surface area contributed by atoms with Crippen molar-refractivity contribution in [3.05, 3.63) is 58.1 Å². The summed E-state index contributed by atoms with van der Waals surface area (Å²) in [5.74, 6) is 1.49. The molecule has 4 rings (SSSR count). The Labute approximate surface area is 171 Å². The van der Waals surface area contributed by atoms with Gasteiger partial charge < -0.3 is 5.32 Å². The summed E-state index contributed by atoms with van der Waals surface area (Å²) < 4.78 is 1.27. The molecule has 2 aromatic carbocycles. The first-order valence-electron chi connectivity index (χ1n) is 10.2. The summed E-state index contributed by atoms with van der Waals surface area (Å²) in [7, 11) is 0. The van der Waals surface area contributed by atoms with E-state index in [-0.39, 0.29) is 0 Å². The maximum Gasteiger partial charge on any atom is 0.0907 e. The molecule has 0 amide bonds. The predicted octanol–water partition coefficient (Wildman–Crippen LogP) is 6.85. The molecule has 3 aromatic rings. The summed E-state index contributed by atoms with van der Waals surface area (Å²) in [6.07, 6.45) is 3.04. The molecule has 0 bridgehead atoms. The number of nitrogens with one attached hydrogen (secondary N) is 1. The van der Waals surface area contributed by atoms with Crippen molar-refractivity contribution in [3.8, 4) is 0 Å². The van der Waals surface area contributed by atoms with Crippen LogP contribution >= 0.6 is 11.3 Å². The largest absolute Gasteiger partial charge is 0.346 e. The standard InChI is InChI=1S/C24H29N3S/c1-14(2)18-7-6-8-19(15(3)4)24(18)26-13-25-21-12-20(21)17-9-10-23-22(11-17)27-16(5)28-23/h6-11,13-15,20-21H,12H2,1-5H3,(H,25,26). The molecule has 0 saturated heterocycles. The van der Waals surface area contributed by atoms with Crippen molar-refractivity contribution in [2.45, 2.75) is 64.8 Å². The lowest BCUT2D eigenvalue weighted by Gasteiger charge is -2.19. The average molecular weight is 392 g/mol. The molecule has 1 N–H and O–H groups in total. The van der Waals surface area contributed by atoms with E-state index in [0.29, 0.717) is 23.8 Å². The first-order valence-corrected chi connectivity index (χ1v) is 11.0. The van der Waals surface area contributed by atoms with Crippen LogP contribution in [0.5, 0.6) is 0 Å². The Kier molecular flexibility index (Phi) is 5.24. The van der Waals surface area contributed by atoms with Crippen molar-refractivity contribution in [2.75, 3.05) is 5.32 Å². The molecule has 146 valence electrons. The van der Waals surface area contributed by atoms with E-state index in [1.165, 1.54) is 27.1 Å². The summed E-state index contributed by atoms with van der Waals surface area (Å²) in [6.45, 7) is 11.1. The van der Waals surface area contributed by atoms with Gasteiger partial charge in [0.15, 0.2) is 0 Å². The van der Waals surface area contributed by atoms with E-state index in [2.05, 4.69) is 81.3 Å². The summed E-state index contributed by atoms with van der Waals surface area (Å²) in [5, 5.41) is 4.65. The summed E-state index contributed by atoms with van der Waals surface area (Å²) >= 11 is 1.76. The zero-order chi connectivity index (χ0) is 19.8. The van der Waals surface area contributed by atoms with Crippen LogP contribution in [0.2, 0.25) is 0 Å². The Morgan fingerprint density at radius 3 is 2.50 bits per heavy atom. The number of thiazole rings is 1. The number of benzene rings is 2. The normalized spacial score (nSPS) is 19.2. The molecule has 1 heterocycles. The van der Waals surface area contributed by atoms with E-state index in [9.17, 15) is 0 Å². The van der Waals surface area contributed by atoms with E-state index in [1.807, 2.05) is 6.34 Å². The number of nitrogens with zero attached hydrogens (tertiary/aromatic N) is 2. The lowest BCUT2D eigenvalue weighted by molar-refractivity contribution is 0.839. The molecule has 1 fully saturated rings. The quantitative estimate of drug-likeness (QED) is 0.368. The molecule has 2 atom stereocenters. The highest BCUT2D eigenvalue weighted by molar-refractivity contribution is 7.18. The van der Waals surface area contributed by atoms with Crippen LogP contribution in [0.4, 0.5) is 5.69 Å². The minimum atomic E-state index is 0.374. The molecule has 3 nitrogen and oxygen atoms in total. The molecule has 1 aromatic heterocycles. The minimum Gasteiger partial charge on any atom is -0.346 e. The van der Waals surface area contributed by atoms with Gasteiger partial charge in [-0.1, -0.05) is 52.0 Å². The highest BCUT2D eigenvalue weighted by Gasteiger charge is 2.38. The van der Waals surface area contributed by atoms with Gasteiger partial charge in [0.2, 0.25) is 0 Å². The number of aromatic nitrogens is 1. The van der Waals surface area contributed by atoms with Crippen LogP contribution in [0.15, 0.2) is 41.4 Å². The van der Waals surface area contributed by atoms with Crippen molar-refractivity contribution in [1.29, 1.82) is 0 Å². The third kappa shape index (κ3) is 3.83. The lowest BCUT2D eigenvalue weighted by Crippen LogP contribution is -2.06. The SMILES string of the molecule is Cc1nc2cc(C3CC3/N=C/Nc3c(C(C)C)cccc3C(C)C)ccc2s1. The van der Waals surface area contributed by atoms with Crippen LogP contribution in [-0.4, -0.2) is 17.4 Å². The molecular weight excluding hydrogens is 362 g/mol. The number of hydrogen-bond donors (Lipinski definition) is 1. The smallest absolute Gasteiger partial charge is 0.0907 e. The predicted molar refractivity (Wildman–Crippen MR) is 122 cm³/mol. The van der Waals surface area contributed by atoms with Gasteiger partial charge in [0.05, 0.1) is 27.6 Å². The third-order valence-corrected chi connectivity index (χ3v) is 6.50. The fraction of sp³-hybridized carbons (Fsp3) is 0.417. The third-order valence-electron chi connectivity index (χ3n) is 5.55. The van der Waals surface area contributed by atoms with E-state index in [0.717, 1.165) is 16.9 Å². The monoisotopic (exact) mass is 391 g/mol. The second-order valence-electron chi connectivity index (χ2n) is 8.41. The van der Waals surface area contributed by atoms with Gasteiger partial charge in [-0.2, -0.15) is 0 Å². The van der Waals surface area contributed by atoms with Gasteiger partial charge in [0, 0.05) is 11.6 Å². The first-order chi connectivity index (χ1) is 13.4. The van der Waals surface area contributed by atoms with Gasteiger partial charge in [-0.3, -0.25) is 4.99 Å². The molecule has 0 aliphatic heterocycles. The first kappa shape index (κ1) is 19.1. The second-order valence-corrected chi connectivity index (χ2v) is 9.65. The Bertz CT molecular complexity index is 990. The molecule has 0 radical (unpaired) electrons. The number of aryl methyl sites for hydroxylation is 1. The van der Waals surface area contributed by atoms with Gasteiger partial charge in [-0.25, -0.2) is 4.98 Å². The number of fused-ring (bicyclic) bond motifs is 1. The maximum atomic E-state index is 4.82. The van der Waals surface area contributed by atoms with Crippen molar-refractivity contribution in [3.63, 3.8) is 0 Å². The van der Waals surface area contributed by atoms with Gasteiger partial charge in [0.25, 0.3) is 0 Å². The van der Waals surface area contributed by atoms with Crippen molar-refractivity contribution in [2.24, 2.45) is 4.99 Å². The molecule has 0 spiro atoms. The van der Waals surface area contributed by atoms with E-state index >= 15 is 0 Å². The summed E-state index contributed by atoms with van der Waals surface area (Å²) in [4.78, 5) is 9.45. The van der Waals surface area contributed by atoms with Crippen molar-refractivity contribution >= 4 is 33.6 Å². The highest BCUT2D eigenvalue weighted by Crippen LogP contribution is 2.44. The van der Waals surface area contributed by atoms with Crippen LogP contribution in [0, 0.1) is 6.92 Å². The van der Waals surface area contributed by atoms with Crippen LogP contribution in [-0.2, 0) is 0 Å².